The highest BCUT2D eigenvalue weighted by Gasteiger charge is 2.25. The van der Waals surface area contributed by atoms with Crippen molar-refractivity contribution >= 4 is 0 Å². The molecule has 0 aliphatic heterocycles. The molecular weight excluding hydrogens is 267 g/mol. The van der Waals surface area contributed by atoms with Crippen molar-refractivity contribution < 1.29 is 18.3 Å². The van der Waals surface area contributed by atoms with E-state index in [4.69, 9.17) is 5.11 Å². The van der Waals surface area contributed by atoms with Gasteiger partial charge in [-0.3, -0.25) is 0 Å². The van der Waals surface area contributed by atoms with Gasteiger partial charge < -0.3 is 10.4 Å². The first-order valence-electron chi connectivity index (χ1n) is 6.93. The van der Waals surface area contributed by atoms with E-state index in [-0.39, 0.29) is 24.1 Å². The van der Waals surface area contributed by atoms with E-state index >= 15 is 0 Å². The monoisotopic (exact) mass is 289 g/mol. The lowest BCUT2D eigenvalue weighted by Crippen LogP contribution is -2.34. The summed E-state index contributed by atoms with van der Waals surface area (Å²) in [6.07, 6.45) is 2.43. The van der Waals surface area contributed by atoms with Gasteiger partial charge in [0.25, 0.3) is 0 Å². The van der Waals surface area contributed by atoms with Crippen molar-refractivity contribution in [1.29, 1.82) is 0 Å². The van der Waals surface area contributed by atoms with Gasteiger partial charge in [-0.15, -0.1) is 0 Å². The summed E-state index contributed by atoms with van der Waals surface area (Å²) in [5.74, 6) is -2.98. The van der Waals surface area contributed by atoms with E-state index in [1.165, 1.54) is 0 Å². The summed E-state index contributed by atoms with van der Waals surface area (Å²) in [5.41, 5.74) is 0.0538. The minimum absolute atomic E-state index is 0.0518. The third kappa shape index (κ3) is 4.21. The summed E-state index contributed by atoms with van der Waals surface area (Å²) in [5, 5.41) is 12.2. The first-order valence-corrected chi connectivity index (χ1v) is 6.93. The van der Waals surface area contributed by atoms with Crippen molar-refractivity contribution in [1.82, 2.24) is 5.32 Å². The molecule has 2 N–H and O–H groups in total. The maximum absolute atomic E-state index is 13.5. The first-order chi connectivity index (χ1) is 9.48. The average molecular weight is 289 g/mol. The van der Waals surface area contributed by atoms with E-state index in [0.717, 1.165) is 18.9 Å². The van der Waals surface area contributed by atoms with Crippen LogP contribution >= 0.6 is 0 Å². The predicted octanol–water partition coefficient (Wildman–Crippen LogP) is 3.38. The molecule has 0 bridgehead atoms. The standard InChI is InChI=1S/C15H22F3NO/c1-3-15(4-2,5-6-20)10-19-9-11-7-13(17)14(18)8-12(11)16/h7-8,19-20H,3-6,9-10H2,1-2H3. The van der Waals surface area contributed by atoms with Gasteiger partial charge in [0.15, 0.2) is 11.6 Å². The Labute approximate surface area is 118 Å². The second kappa shape index (κ2) is 7.64. The Kier molecular flexibility index (Phi) is 6.49. The zero-order valence-corrected chi connectivity index (χ0v) is 12.0. The van der Waals surface area contributed by atoms with Gasteiger partial charge in [0.2, 0.25) is 0 Å². The van der Waals surface area contributed by atoms with Crippen LogP contribution in [0.15, 0.2) is 12.1 Å². The number of benzene rings is 1. The molecular formula is C15H22F3NO. The molecule has 0 aromatic heterocycles. The summed E-state index contributed by atoms with van der Waals surface area (Å²) in [4.78, 5) is 0. The van der Waals surface area contributed by atoms with Crippen molar-refractivity contribution in [2.24, 2.45) is 5.41 Å². The molecule has 0 spiro atoms. The summed E-state index contributed by atoms with van der Waals surface area (Å²) in [6.45, 7) is 4.91. The van der Waals surface area contributed by atoms with Crippen LogP contribution < -0.4 is 5.32 Å². The molecule has 0 unspecified atom stereocenters. The van der Waals surface area contributed by atoms with Crippen LogP contribution in [0.1, 0.15) is 38.7 Å². The van der Waals surface area contributed by atoms with Crippen molar-refractivity contribution in [3.63, 3.8) is 0 Å². The Hall–Kier alpha value is -1.07. The van der Waals surface area contributed by atoms with Crippen LogP contribution in [0.5, 0.6) is 0 Å². The summed E-state index contributed by atoms with van der Waals surface area (Å²) < 4.78 is 39.4. The van der Waals surface area contributed by atoms with E-state index in [2.05, 4.69) is 5.32 Å². The Morgan fingerprint density at radius 3 is 2.20 bits per heavy atom. The SMILES string of the molecule is CCC(CC)(CCO)CNCc1cc(F)c(F)cc1F. The Morgan fingerprint density at radius 1 is 1.05 bits per heavy atom. The average Bonchev–Trinajstić information content (AvgIpc) is 2.43. The zero-order chi connectivity index (χ0) is 15.2. The molecule has 0 aliphatic rings. The largest absolute Gasteiger partial charge is 0.396 e. The van der Waals surface area contributed by atoms with E-state index in [1.807, 2.05) is 13.8 Å². The Bertz CT molecular complexity index is 433. The normalized spacial score (nSPS) is 11.9. The van der Waals surface area contributed by atoms with E-state index in [9.17, 15) is 13.2 Å². The summed E-state index contributed by atoms with van der Waals surface area (Å²) in [7, 11) is 0. The van der Waals surface area contributed by atoms with Crippen LogP contribution in [0.2, 0.25) is 0 Å². The number of aliphatic hydroxyl groups is 1. The topological polar surface area (TPSA) is 32.3 Å². The van der Waals surface area contributed by atoms with Gasteiger partial charge in [0.05, 0.1) is 0 Å². The molecule has 2 nitrogen and oxygen atoms in total. The van der Waals surface area contributed by atoms with Crippen molar-refractivity contribution in [2.45, 2.75) is 39.7 Å². The Balaban J connectivity index is 2.65. The molecule has 114 valence electrons. The molecule has 0 saturated carbocycles. The van der Waals surface area contributed by atoms with Crippen LogP contribution in [0, 0.1) is 22.9 Å². The Morgan fingerprint density at radius 2 is 1.65 bits per heavy atom. The predicted molar refractivity (Wildman–Crippen MR) is 72.7 cm³/mol. The first kappa shape index (κ1) is 17.0. The summed E-state index contributed by atoms with van der Waals surface area (Å²) in [6, 6.07) is 1.44. The molecule has 0 atom stereocenters. The number of nitrogens with one attached hydrogen (secondary N) is 1. The molecule has 0 radical (unpaired) electrons. The van der Waals surface area contributed by atoms with Gasteiger partial charge in [0, 0.05) is 31.3 Å². The van der Waals surface area contributed by atoms with Crippen molar-refractivity contribution in [3.05, 3.63) is 35.1 Å². The molecule has 1 aromatic carbocycles. The van der Waals surface area contributed by atoms with Crippen LogP contribution in [0.4, 0.5) is 13.2 Å². The number of rotatable bonds is 8. The molecule has 1 aromatic rings. The highest BCUT2D eigenvalue weighted by molar-refractivity contribution is 5.19. The number of hydrogen-bond acceptors (Lipinski definition) is 2. The highest BCUT2D eigenvalue weighted by Crippen LogP contribution is 2.29. The van der Waals surface area contributed by atoms with Gasteiger partial charge in [0.1, 0.15) is 5.82 Å². The maximum atomic E-state index is 13.5. The van der Waals surface area contributed by atoms with Gasteiger partial charge in [-0.05, 0) is 30.7 Å². The number of halogens is 3. The van der Waals surface area contributed by atoms with Crippen molar-refractivity contribution in [2.75, 3.05) is 13.2 Å². The van der Waals surface area contributed by atoms with Crippen LogP contribution in [-0.2, 0) is 6.54 Å². The molecule has 0 amide bonds. The smallest absolute Gasteiger partial charge is 0.161 e. The fraction of sp³-hybridized carbons (Fsp3) is 0.600. The van der Waals surface area contributed by atoms with Crippen molar-refractivity contribution in [3.8, 4) is 0 Å². The van der Waals surface area contributed by atoms with E-state index < -0.39 is 17.5 Å². The van der Waals surface area contributed by atoms with Gasteiger partial charge >= 0.3 is 0 Å². The fourth-order valence-electron chi connectivity index (χ4n) is 2.34. The van der Waals surface area contributed by atoms with Crippen LogP contribution in [0.3, 0.4) is 0 Å². The number of aliphatic hydroxyl groups excluding tert-OH is 1. The molecule has 1 rings (SSSR count). The third-order valence-electron chi connectivity index (χ3n) is 4.05. The molecule has 5 heteroatoms. The number of hydrogen-bond donors (Lipinski definition) is 2. The zero-order valence-electron chi connectivity index (χ0n) is 12.0. The molecule has 0 heterocycles. The second-order valence-corrected chi connectivity index (χ2v) is 5.14. The molecule has 20 heavy (non-hydrogen) atoms. The summed E-state index contributed by atoms with van der Waals surface area (Å²) >= 11 is 0. The molecule has 0 saturated heterocycles. The van der Waals surface area contributed by atoms with E-state index in [0.29, 0.717) is 19.0 Å². The maximum Gasteiger partial charge on any atom is 0.161 e. The van der Waals surface area contributed by atoms with E-state index in [1.54, 1.807) is 0 Å². The molecule has 0 fully saturated rings. The fourth-order valence-corrected chi connectivity index (χ4v) is 2.34. The minimum Gasteiger partial charge on any atom is -0.396 e. The van der Waals surface area contributed by atoms with Crippen LogP contribution in [0.25, 0.3) is 0 Å². The van der Waals surface area contributed by atoms with Crippen LogP contribution in [-0.4, -0.2) is 18.3 Å². The lowest BCUT2D eigenvalue weighted by atomic mass is 9.79. The second-order valence-electron chi connectivity index (χ2n) is 5.14. The molecule has 0 aliphatic carbocycles. The minimum atomic E-state index is -1.18. The van der Waals surface area contributed by atoms with Gasteiger partial charge in [-0.25, -0.2) is 13.2 Å². The lowest BCUT2D eigenvalue weighted by molar-refractivity contribution is 0.163. The quantitative estimate of drug-likeness (QED) is 0.719. The van der Waals surface area contributed by atoms with Gasteiger partial charge in [-0.2, -0.15) is 0 Å². The third-order valence-corrected chi connectivity index (χ3v) is 4.05. The van der Waals surface area contributed by atoms with Gasteiger partial charge in [-0.1, -0.05) is 13.8 Å². The highest BCUT2D eigenvalue weighted by atomic mass is 19.2. The lowest BCUT2D eigenvalue weighted by Gasteiger charge is -2.31.